The van der Waals surface area contributed by atoms with Gasteiger partial charge in [0, 0.05) is 0 Å². The van der Waals surface area contributed by atoms with Gasteiger partial charge in [-0.25, -0.2) is 0 Å². The van der Waals surface area contributed by atoms with Crippen molar-refractivity contribution in [3.8, 4) is 0 Å². The minimum Gasteiger partial charge on any atom is -0.102 e. The Bertz CT molecular complexity index is 175. The van der Waals surface area contributed by atoms with Gasteiger partial charge < -0.3 is 0 Å². The summed E-state index contributed by atoms with van der Waals surface area (Å²) in [7, 11) is 0.906. The van der Waals surface area contributed by atoms with Crippen molar-refractivity contribution in [3.63, 3.8) is 0 Å². The molecule has 1 unspecified atom stereocenters. The van der Waals surface area contributed by atoms with Crippen molar-refractivity contribution in [2.24, 2.45) is 0 Å². The van der Waals surface area contributed by atoms with E-state index in [0.29, 0.717) is 0 Å². The number of hydrogen-bond acceptors (Lipinski definition) is 0. The van der Waals surface area contributed by atoms with Crippen molar-refractivity contribution >= 4 is 8.58 Å². The zero-order valence-electron chi connectivity index (χ0n) is 7.65. The summed E-state index contributed by atoms with van der Waals surface area (Å²) in [6.07, 6.45) is 5.38. The largest absolute Gasteiger partial charge is 0.102 e. The van der Waals surface area contributed by atoms with Crippen molar-refractivity contribution in [2.45, 2.75) is 20.3 Å². The highest BCUT2D eigenvalue weighted by Crippen LogP contribution is 2.08. The second-order valence-corrected chi connectivity index (χ2v) is 3.64. The molecule has 62 valence electrons. The third kappa shape index (κ3) is 7.55. The Morgan fingerprint density at radius 3 is 2.55 bits per heavy atom. The van der Waals surface area contributed by atoms with Crippen LogP contribution in [-0.4, -0.2) is 6.66 Å². The average molecular weight is 168 g/mol. The summed E-state index contributed by atoms with van der Waals surface area (Å²) in [6.45, 7) is 10.2. The standard InChI is InChI=1S/C10H17P/c1-9(2)5-6-10(3)7-8-11-4/h6-8,11H,1,5H2,2-4H3/b8-7-,10-6-. The first-order valence-corrected chi connectivity index (χ1v) is 5.39. The summed E-state index contributed by atoms with van der Waals surface area (Å²) in [5.74, 6) is 2.20. The highest BCUT2D eigenvalue weighted by molar-refractivity contribution is 7.40. The van der Waals surface area contributed by atoms with Gasteiger partial charge in [0.25, 0.3) is 0 Å². The molecule has 1 atom stereocenters. The Hall–Kier alpha value is -0.350. The van der Waals surface area contributed by atoms with Crippen LogP contribution in [0.4, 0.5) is 0 Å². The molecule has 0 aliphatic carbocycles. The predicted octanol–water partition coefficient (Wildman–Crippen LogP) is 3.72. The SMILES string of the molecule is C=C(C)C/C=C(C)\C=C/PC. The second-order valence-electron chi connectivity index (χ2n) is 2.73. The molecule has 0 amide bonds. The van der Waals surface area contributed by atoms with Gasteiger partial charge in [-0.05, 0) is 26.9 Å². The zero-order chi connectivity index (χ0) is 8.69. The molecule has 0 radical (unpaired) electrons. The number of rotatable bonds is 4. The minimum atomic E-state index is 0.906. The van der Waals surface area contributed by atoms with Crippen molar-refractivity contribution in [3.05, 3.63) is 35.7 Å². The molecule has 0 bridgehead atoms. The summed E-state index contributed by atoms with van der Waals surface area (Å²) in [5.41, 5.74) is 2.55. The summed E-state index contributed by atoms with van der Waals surface area (Å²) in [6, 6.07) is 0. The molecular formula is C10H17P. The van der Waals surface area contributed by atoms with Crippen LogP contribution < -0.4 is 0 Å². The van der Waals surface area contributed by atoms with Crippen LogP contribution in [0.2, 0.25) is 0 Å². The molecule has 0 heterocycles. The molecule has 0 N–H and O–H groups in total. The third-order valence-corrected chi connectivity index (χ3v) is 1.79. The van der Waals surface area contributed by atoms with Crippen molar-refractivity contribution < 1.29 is 0 Å². The first-order valence-electron chi connectivity index (χ1n) is 3.81. The van der Waals surface area contributed by atoms with Crippen molar-refractivity contribution in [1.29, 1.82) is 0 Å². The highest BCUT2D eigenvalue weighted by Gasteiger charge is 1.82. The molecule has 0 nitrogen and oxygen atoms in total. The van der Waals surface area contributed by atoms with Crippen LogP contribution in [0, 0.1) is 0 Å². The summed E-state index contributed by atoms with van der Waals surface area (Å²) in [5, 5.41) is 0. The van der Waals surface area contributed by atoms with E-state index in [1.807, 2.05) is 0 Å². The zero-order valence-corrected chi connectivity index (χ0v) is 8.65. The summed E-state index contributed by atoms with van der Waals surface area (Å²) in [4.78, 5) is 0. The Labute approximate surface area is 71.9 Å². The van der Waals surface area contributed by atoms with Gasteiger partial charge in [-0.2, -0.15) is 0 Å². The lowest BCUT2D eigenvalue weighted by atomic mass is 10.2. The molecule has 0 spiro atoms. The van der Waals surface area contributed by atoms with E-state index in [4.69, 9.17) is 0 Å². The lowest BCUT2D eigenvalue weighted by Crippen LogP contribution is -1.71. The molecule has 1 heteroatoms. The van der Waals surface area contributed by atoms with Gasteiger partial charge >= 0.3 is 0 Å². The van der Waals surface area contributed by atoms with Crippen LogP contribution in [0.25, 0.3) is 0 Å². The van der Waals surface area contributed by atoms with Crippen LogP contribution >= 0.6 is 8.58 Å². The molecule has 0 aromatic rings. The summed E-state index contributed by atoms with van der Waals surface area (Å²) < 4.78 is 0. The van der Waals surface area contributed by atoms with E-state index in [9.17, 15) is 0 Å². The van der Waals surface area contributed by atoms with E-state index in [1.165, 1.54) is 11.1 Å². The van der Waals surface area contributed by atoms with Gasteiger partial charge in [0.1, 0.15) is 0 Å². The molecule has 0 aliphatic heterocycles. The first-order chi connectivity index (χ1) is 5.16. The van der Waals surface area contributed by atoms with E-state index >= 15 is 0 Å². The molecule has 11 heavy (non-hydrogen) atoms. The van der Waals surface area contributed by atoms with E-state index in [1.54, 1.807) is 0 Å². The van der Waals surface area contributed by atoms with Crippen LogP contribution in [0.1, 0.15) is 20.3 Å². The van der Waals surface area contributed by atoms with Gasteiger partial charge in [-0.1, -0.05) is 35.7 Å². The van der Waals surface area contributed by atoms with Crippen molar-refractivity contribution in [2.75, 3.05) is 6.66 Å². The monoisotopic (exact) mass is 168 g/mol. The fourth-order valence-electron chi connectivity index (χ4n) is 0.618. The Morgan fingerprint density at radius 1 is 1.45 bits per heavy atom. The first kappa shape index (κ1) is 10.7. The Kier molecular flexibility index (Phi) is 6.16. The maximum absolute atomic E-state index is 3.84. The predicted molar refractivity (Wildman–Crippen MR) is 56.6 cm³/mol. The van der Waals surface area contributed by atoms with Crippen LogP contribution in [0.3, 0.4) is 0 Å². The van der Waals surface area contributed by atoms with E-state index in [2.05, 4.69) is 45.1 Å². The summed E-state index contributed by atoms with van der Waals surface area (Å²) >= 11 is 0. The Balaban J connectivity index is 3.81. The maximum Gasteiger partial charge on any atom is -0.0139 e. The van der Waals surface area contributed by atoms with Gasteiger partial charge in [0.05, 0.1) is 0 Å². The highest BCUT2D eigenvalue weighted by atomic mass is 31.1. The molecule has 0 aromatic carbocycles. The van der Waals surface area contributed by atoms with Crippen LogP contribution in [0.5, 0.6) is 0 Å². The molecule has 0 fully saturated rings. The topological polar surface area (TPSA) is 0 Å². The molecule has 0 saturated carbocycles. The van der Waals surface area contributed by atoms with Crippen LogP contribution in [0.15, 0.2) is 35.7 Å². The molecule has 0 aliphatic rings. The minimum absolute atomic E-state index is 0.906. The van der Waals surface area contributed by atoms with E-state index < -0.39 is 0 Å². The van der Waals surface area contributed by atoms with Gasteiger partial charge in [0.15, 0.2) is 0 Å². The van der Waals surface area contributed by atoms with Gasteiger partial charge in [-0.3, -0.25) is 0 Å². The molecule has 0 aromatic heterocycles. The lowest BCUT2D eigenvalue weighted by Gasteiger charge is -1.92. The molecule has 0 saturated heterocycles. The lowest BCUT2D eigenvalue weighted by molar-refractivity contribution is 1.20. The quantitative estimate of drug-likeness (QED) is 0.341. The van der Waals surface area contributed by atoms with E-state index in [-0.39, 0.29) is 0 Å². The van der Waals surface area contributed by atoms with Crippen LogP contribution in [-0.2, 0) is 0 Å². The second kappa shape index (κ2) is 6.37. The fraction of sp³-hybridized carbons (Fsp3) is 0.400. The normalized spacial score (nSPS) is 13.5. The van der Waals surface area contributed by atoms with Gasteiger partial charge in [-0.15, -0.1) is 8.58 Å². The van der Waals surface area contributed by atoms with Crippen molar-refractivity contribution in [1.82, 2.24) is 0 Å². The molecule has 0 rings (SSSR count). The number of allylic oxidation sites excluding steroid dienone is 4. The maximum atomic E-state index is 3.84. The average Bonchev–Trinajstić information content (AvgIpc) is 1.97. The fourth-order valence-corrected chi connectivity index (χ4v) is 1.05. The number of hydrogen-bond donors (Lipinski definition) is 0. The molecular weight excluding hydrogens is 151 g/mol. The smallest absolute Gasteiger partial charge is 0.0139 e. The Morgan fingerprint density at radius 2 is 2.09 bits per heavy atom. The van der Waals surface area contributed by atoms with Gasteiger partial charge in [0.2, 0.25) is 0 Å². The third-order valence-electron chi connectivity index (χ3n) is 1.29. The van der Waals surface area contributed by atoms with E-state index in [0.717, 1.165) is 15.0 Å².